The van der Waals surface area contributed by atoms with Crippen LogP contribution in [-0.2, 0) is 29.6 Å². The first-order valence-electron chi connectivity index (χ1n) is 16.6. The fraction of sp³-hybridized carbons (Fsp3) is 0.263. The number of hydrogen-bond acceptors (Lipinski definition) is 6. The van der Waals surface area contributed by atoms with Gasteiger partial charge in [0.15, 0.2) is 0 Å². The Morgan fingerprint density at radius 1 is 0.580 bits per heavy atom. The first-order chi connectivity index (χ1) is 23.9. The summed E-state index contributed by atoms with van der Waals surface area (Å²) in [6.07, 6.45) is 5.96. The average Bonchev–Trinajstić information content (AvgIpc) is 3.81. The lowest BCUT2D eigenvalue weighted by atomic mass is 10.1. The molecule has 10 nitrogen and oxygen atoms in total. The van der Waals surface area contributed by atoms with E-state index in [0.29, 0.717) is 61.3 Å². The molecule has 260 valence electrons. The van der Waals surface area contributed by atoms with Gasteiger partial charge in [0.2, 0.25) is 31.9 Å². The first-order valence-corrected chi connectivity index (χ1v) is 19.5. The van der Waals surface area contributed by atoms with Crippen molar-refractivity contribution in [3.05, 3.63) is 119 Å². The number of carbonyl (C=O) groups is 2. The normalized spacial score (nSPS) is 18.8. The Hall–Kier alpha value is -4.62. The van der Waals surface area contributed by atoms with Crippen LogP contribution in [0.15, 0.2) is 107 Å². The smallest absolute Gasteiger partial charge is 0.244 e. The van der Waals surface area contributed by atoms with Gasteiger partial charge in [-0.1, -0.05) is 72.8 Å². The van der Waals surface area contributed by atoms with Crippen LogP contribution in [0.2, 0.25) is 0 Å². The second-order valence-electron chi connectivity index (χ2n) is 12.6. The minimum atomic E-state index is -3.81. The highest BCUT2D eigenvalue weighted by Crippen LogP contribution is 2.30. The van der Waals surface area contributed by atoms with Crippen molar-refractivity contribution >= 4 is 55.4 Å². The van der Waals surface area contributed by atoms with Crippen molar-refractivity contribution in [3.8, 4) is 0 Å². The Balaban J connectivity index is 1.04. The average molecular weight is 713 g/mol. The third kappa shape index (κ3) is 7.43. The maximum absolute atomic E-state index is 13.4. The Morgan fingerprint density at radius 2 is 0.940 bits per heavy atom. The summed E-state index contributed by atoms with van der Waals surface area (Å²) in [6, 6.07) is 26.6. The maximum Gasteiger partial charge on any atom is 0.244 e. The molecule has 2 aliphatic heterocycles. The number of anilines is 2. The molecule has 0 radical (unpaired) electrons. The molecule has 0 unspecified atom stereocenters. The van der Waals surface area contributed by atoms with Gasteiger partial charge in [-0.05, 0) is 98.2 Å². The standard InChI is InChI=1S/C38H40N4O6S2/c1-27-9-3-5-13-35(27)49(45,46)41-25-7-11-33(41)37(43)39-31-21-17-29(18-22-31)15-16-30-19-23-32(24-20-30)40-38(44)34-12-8-26-42(34)50(47,48)36-14-6-4-10-28(36)2/h3-6,9-10,13-24,33-34H,7-8,11-12,25-26H2,1-2H3,(H,39,43)(H,40,44)/b16-15+/t33-,34-/m0/s1. The molecule has 2 heterocycles. The summed E-state index contributed by atoms with van der Waals surface area (Å²) in [6.45, 7) is 4.09. The zero-order valence-electron chi connectivity index (χ0n) is 28.0. The number of hydrogen-bond donors (Lipinski definition) is 2. The minimum absolute atomic E-state index is 0.220. The molecule has 12 heteroatoms. The molecule has 4 aromatic carbocycles. The summed E-state index contributed by atoms with van der Waals surface area (Å²) in [4.78, 5) is 26.8. The summed E-state index contributed by atoms with van der Waals surface area (Å²) in [5.41, 5.74) is 4.21. The van der Waals surface area contributed by atoms with Crippen molar-refractivity contribution in [2.24, 2.45) is 0 Å². The van der Waals surface area contributed by atoms with Gasteiger partial charge in [0, 0.05) is 24.5 Å². The van der Waals surface area contributed by atoms with Crippen LogP contribution in [0.3, 0.4) is 0 Å². The molecule has 2 atom stereocenters. The van der Waals surface area contributed by atoms with E-state index in [0.717, 1.165) is 11.1 Å². The van der Waals surface area contributed by atoms with E-state index in [9.17, 15) is 26.4 Å². The lowest BCUT2D eigenvalue weighted by molar-refractivity contribution is -0.119. The predicted molar refractivity (Wildman–Crippen MR) is 195 cm³/mol. The molecule has 0 bridgehead atoms. The van der Waals surface area contributed by atoms with Crippen molar-refractivity contribution in [1.29, 1.82) is 0 Å². The van der Waals surface area contributed by atoms with Gasteiger partial charge < -0.3 is 10.6 Å². The van der Waals surface area contributed by atoms with Gasteiger partial charge in [0.1, 0.15) is 12.1 Å². The molecule has 2 saturated heterocycles. The first kappa shape index (κ1) is 35.2. The third-order valence-corrected chi connectivity index (χ3v) is 13.3. The molecule has 2 amide bonds. The van der Waals surface area contributed by atoms with Crippen LogP contribution in [0.4, 0.5) is 11.4 Å². The van der Waals surface area contributed by atoms with Crippen LogP contribution >= 0.6 is 0 Å². The third-order valence-electron chi connectivity index (χ3n) is 9.20. The molecule has 50 heavy (non-hydrogen) atoms. The summed E-state index contributed by atoms with van der Waals surface area (Å²) < 4.78 is 56.1. The van der Waals surface area contributed by atoms with Gasteiger partial charge in [-0.15, -0.1) is 0 Å². The van der Waals surface area contributed by atoms with Crippen molar-refractivity contribution in [3.63, 3.8) is 0 Å². The summed E-state index contributed by atoms with van der Waals surface area (Å²) in [5.74, 6) is -0.715. The highest BCUT2D eigenvalue weighted by molar-refractivity contribution is 7.89. The van der Waals surface area contributed by atoms with Gasteiger partial charge in [-0.3, -0.25) is 9.59 Å². The fourth-order valence-electron chi connectivity index (χ4n) is 6.52. The van der Waals surface area contributed by atoms with Crippen molar-refractivity contribution < 1.29 is 26.4 Å². The van der Waals surface area contributed by atoms with Crippen LogP contribution in [0.5, 0.6) is 0 Å². The highest BCUT2D eigenvalue weighted by Gasteiger charge is 2.41. The van der Waals surface area contributed by atoms with Crippen LogP contribution in [0, 0.1) is 13.8 Å². The van der Waals surface area contributed by atoms with Crippen LogP contribution in [0.25, 0.3) is 12.2 Å². The van der Waals surface area contributed by atoms with Crippen molar-refractivity contribution in [1.82, 2.24) is 8.61 Å². The monoisotopic (exact) mass is 712 g/mol. The second-order valence-corrected chi connectivity index (χ2v) is 16.4. The van der Waals surface area contributed by atoms with E-state index in [2.05, 4.69) is 10.6 Å². The van der Waals surface area contributed by atoms with E-state index < -0.39 is 32.1 Å². The van der Waals surface area contributed by atoms with Crippen molar-refractivity contribution in [2.75, 3.05) is 23.7 Å². The molecule has 0 aliphatic carbocycles. The van der Waals surface area contributed by atoms with Gasteiger partial charge in [0.05, 0.1) is 9.79 Å². The van der Waals surface area contributed by atoms with E-state index >= 15 is 0 Å². The van der Waals surface area contributed by atoms with E-state index in [1.165, 1.54) is 8.61 Å². The molecule has 0 aromatic heterocycles. The number of nitrogens with one attached hydrogen (secondary N) is 2. The Morgan fingerprint density at radius 3 is 1.30 bits per heavy atom. The minimum Gasteiger partial charge on any atom is -0.325 e. The van der Waals surface area contributed by atoms with E-state index in [-0.39, 0.29) is 21.6 Å². The molecule has 2 aliphatic rings. The predicted octanol–water partition coefficient (Wildman–Crippen LogP) is 6.06. The molecular weight excluding hydrogens is 673 g/mol. The molecule has 2 fully saturated rings. The van der Waals surface area contributed by atoms with E-state index in [4.69, 9.17) is 0 Å². The second kappa shape index (κ2) is 14.7. The summed E-state index contributed by atoms with van der Waals surface area (Å²) in [7, 11) is -7.62. The lowest BCUT2D eigenvalue weighted by Crippen LogP contribution is -2.43. The summed E-state index contributed by atoms with van der Waals surface area (Å²) >= 11 is 0. The number of aryl methyl sites for hydroxylation is 2. The fourth-order valence-corrected chi connectivity index (χ4v) is 10.3. The largest absolute Gasteiger partial charge is 0.325 e. The molecule has 0 saturated carbocycles. The Bertz CT molecular complexity index is 1980. The molecule has 0 spiro atoms. The number of rotatable bonds is 10. The van der Waals surface area contributed by atoms with Crippen molar-refractivity contribution in [2.45, 2.75) is 61.4 Å². The van der Waals surface area contributed by atoms with Gasteiger partial charge in [-0.2, -0.15) is 8.61 Å². The highest BCUT2D eigenvalue weighted by atomic mass is 32.2. The zero-order valence-corrected chi connectivity index (χ0v) is 29.6. The van der Waals surface area contributed by atoms with E-state index in [1.54, 1.807) is 86.6 Å². The van der Waals surface area contributed by atoms with Gasteiger partial charge in [0.25, 0.3) is 0 Å². The maximum atomic E-state index is 13.4. The number of carbonyl (C=O) groups excluding carboxylic acids is 2. The van der Waals surface area contributed by atoms with E-state index in [1.807, 2.05) is 36.4 Å². The SMILES string of the molecule is Cc1ccccc1S(=O)(=O)N1CCC[C@H]1C(=O)Nc1ccc(/C=C/c2ccc(NC(=O)[C@@H]3CCCN3S(=O)(=O)c3ccccc3C)cc2)cc1. The molecule has 4 aromatic rings. The van der Waals surface area contributed by atoms with Crippen LogP contribution < -0.4 is 10.6 Å². The molecule has 6 rings (SSSR count). The van der Waals surface area contributed by atoms with Crippen LogP contribution in [-0.4, -0.2) is 62.4 Å². The van der Waals surface area contributed by atoms with Gasteiger partial charge >= 0.3 is 0 Å². The zero-order chi connectivity index (χ0) is 35.5. The number of nitrogens with zero attached hydrogens (tertiary/aromatic N) is 2. The quantitative estimate of drug-likeness (QED) is 0.192. The summed E-state index contributed by atoms with van der Waals surface area (Å²) in [5, 5.41) is 5.75. The van der Waals surface area contributed by atoms with Gasteiger partial charge in [-0.25, -0.2) is 16.8 Å². The Kier molecular flexibility index (Phi) is 10.4. The number of sulfonamides is 2. The number of benzene rings is 4. The number of amides is 2. The van der Waals surface area contributed by atoms with Crippen LogP contribution in [0.1, 0.15) is 47.9 Å². The Labute approximate surface area is 293 Å². The lowest BCUT2D eigenvalue weighted by Gasteiger charge is -2.24. The molecular formula is C38H40N4O6S2. The molecule has 2 N–H and O–H groups in total. The topological polar surface area (TPSA) is 133 Å².